The van der Waals surface area contributed by atoms with Crippen molar-refractivity contribution in [3.63, 3.8) is 0 Å². The number of ether oxygens (including phenoxy) is 1. The summed E-state index contributed by atoms with van der Waals surface area (Å²) in [7, 11) is 0. The van der Waals surface area contributed by atoms with Crippen molar-refractivity contribution in [2.75, 3.05) is 13.2 Å². The first-order valence-electron chi connectivity index (χ1n) is 7.94. The third-order valence-electron chi connectivity index (χ3n) is 4.11. The molecule has 6 heteroatoms. The smallest absolute Gasteiger partial charge is 0.318 e. The predicted octanol–water partition coefficient (Wildman–Crippen LogP) is 3.41. The summed E-state index contributed by atoms with van der Waals surface area (Å²) in [5.41, 5.74) is 1.88. The second-order valence-corrected chi connectivity index (χ2v) is 6.27. The van der Waals surface area contributed by atoms with Gasteiger partial charge >= 0.3 is 6.03 Å². The molecule has 2 atom stereocenters. The van der Waals surface area contributed by atoms with E-state index in [9.17, 15) is 4.79 Å². The average Bonchev–Trinajstić information content (AvgIpc) is 2.61. The average molecular weight is 346 g/mol. The number of urea groups is 1. The number of nitrogens with one attached hydrogen (secondary N) is 1. The van der Waals surface area contributed by atoms with Gasteiger partial charge in [-0.2, -0.15) is 0 Å². The van der Waals surface area contributed by atoms with E-state index in [0.29, 0.717) is 24.7 Å². The topological polar surface area (TPSA) is 54.5 Å². The van der Waals surface area contributed by atoms with E-state index in [1.165, 1.54) is 0 Å². The summed E-state index contributed by atoms with van der Waals surface area (Å²) in [5.74, 6) is 0. The van der Waals surface area contributed by atoms with E-state index in [1.807, 2.05) is 43.3 Å². The Balaban J connectivity index is 1.65. The lowest BCUT2D eigenvalue weighted by molar-refractivity contribution is -0.0427. The molecule has 2 amide bonds. The Labute approximate surface area is 146 Å². The molecule has 24 heavy (non-hydrogen) atoms. The molecule has 0 saturated carbocycles. The molecule has 3 rings (SSSR count). The number of carbonyl (C=O) groups is 1. The first-order chi connectivity index (χ1) is 11.6. The highest BCUT2D eigenvalue weighted by molar-refractivity contribution is 6.31. The molecule has 1 aliphatic heterocycles. The SMILES string of the molecule is C[C@H]1CO[C@@H](c2ccccc2Cl)CN1C(=O)NCc1cccnc1. The zero-order valence-corrected chi connectivity index (χ0v) is 14.2. The standard InChI is InChI=1S/C18H20ClN3O2/c1-13-12-24-17(15-6-2-3-7-16(15)19)11-22(13)18(23)21-10-14-5-4-8-20-9-14/h2-9,13,17H,10-12H2,1H3,(H,21,23)/t13-,17+/m0/s1. The molecule has 0 aliphatic carbocycles. The Morgan fingerprint density at radius 3 is 2.96 bits per heavy atom. The van der Waals surface area contributed by atoms with Gasteiger partial charge in [0.05, 0.1) is 19.2 Å². The Bertz CT molecular complexity index is 696. The molecule has 126 valence electrons. The predicted molar refractivity (Wildman–Crippen MR) is 92.8 cm³/mol. The van der Waals surface area contributed by atoms with Crippen LogP contribution in [-0.4, -0.2) is 35.1 Å². The normalized spacial score (nSPS) is 20.7. The van der Waals surface area contributed by atoms with Crippen LogP contribution in [0.5, 0.6) is 0 Å². The monoisotopic (exact) mass is 345 g/mol. The van der Waals surface area contributed by atoms with Crippen molar-refractivity contribution in [3.8, 4) is 0 Å². The fourth-order valence-corrected chi connectivity index (χ4v) is 3.00. The largest absolute Gasteiger partial charge is 0.369 e. The Morgan fingerprint density at radius 2 is 2.21 bits per heavy atom. The highest BCUT2D eigenvalue weighted by atomic mass is 35.5. The number of halogens is 1. The summed E-state index contributed by atoms with van der Waals surface area (Å²) in [4.78, 5) is 18.4. The molecule has 1 aliphatic rings. The van der Waals surface area contributed by atoms with E-state index in [1.54, 1.807) is 17.3 Å². The number of pyridine rings is 1. The molecule has 2 aromatic rings. The quantitative estimate of drug-likeness (QED) is 0.927. The number of benzene rings is 1. The Kier molecular flexibility index (Phi) is 5.33. The number of rotatable bonds is 3. The number of aromatic nitrogens is 1. The van der Waals surface area contributed by atoms with Crippen molar-refractivity contribution >= 4 is 17.6 Å². The van der Waals surface area contributed by atoms with Crippen LogP contribution in [-0.2, 0) is 11.3 Å². The number of carbonyl (C=O) groups excluding carboxylic acids is 1. The van der Waals surface area contributed by atoms with E-state index >= 15 is 0 Å². The summed E-state index contributed by atoms with van der Waals surface area (Å²) in [6, 6.07) is 11.3. The third kappa shape index (κ3) is 3.86. The van der Waals surface area contributed by atoms with Gasteiger partial charge in [-0.05, 0) is 24.6 Å². The zero-order valence-electron chi connectivity index (χ0n) is 13.5. The van der Waals surface area contributed by atoms with Gasteiger partial charge in [0.25, 0.3) is 0 Å². The molecule has 0 unspecified atom stereocenters. The van der Waals surface area contributed by atoms with Gasteiger partial charge < -0.3 is 15.0 Å². The van der Waals surface area contributed by atoms with Crippen LogP contribution in [0.15, 0.2) is 48.8 Å². The van der Waals surface area contributed by atoms with Crippen LogP contribution >= 0.6 is 11.6 Å². The molecule has 5 nitrogen and oxygen atoms in total. The van der Waals surface area contributed by atoms with Gasteiger partial charge in [0.15, 0.2) is 0 Å². The second kappa shape index (κ2) is 7.64. The van der Waals surface area contributed by atoms with Gasteiger partial charge in [-0.3, -0.25) is 4.98 Å². The molecule has 1 fully saturated rings. The Hall–Kier alpha value is -2.11. The highest BCUT2D eigenvalue weighted by Crippen LogP contribution is 2.29. The number of morpholine rings is 1. The summed E-state index contributed by atoms with van der Waals surface area (Å²) in [6.07, 6.45) is 3.25. The van der Waals surface area contributed by atoms with Gasteiger partial charge in [0.2, 0.25) is 0 Å². The van der Waals surface area contributed by atoms with Crippen LogP contribution in [0.4, 0.5) is 4.79 Å². The van der Waals surface area contributed by atoms with Crippen molar-refractivity contribution in [1.29, 1.82) is 0 Å². The highest BCUT2D eigenvalue weighted by Gasteiger charge is 2.31. The maximum Gasteiger partial charge on any atom is 0.318 e. The second-order valence-electron chi connectivity index (χ2n) is 5.86. The van der Waals surface area contributed by atoms with Gasteiger partial charge in [-0.25, -0.2) is 4.79 Å². The Morgan fingerprint density at radius 1 is 1.38 bits per heavy atom. The van der Waals surface area contributed by atoms with Crippen LogP contribution < -0.4 is 5.32 Å². The first-order valence-corrected chi connectivity index (χ1v) is 8.32. The minimum absolute atomic E-state index is 0.0117. The van der Waals surface area contributed by atoms with E-state index in [0.717, 1.165) is 11.1 Å². The molecule has 1 aromatic carbocycles. The third-order valence-corrected chi connectivity index (χ3v) is 4.46. The molecule has 2 heterocycles. The van der Waals surface area contributed by atoms with E-state index in [2.05, 4.69) is 10.3 Å². The summed E-state index contributed by atoms with van der Waals surface area (Å²) < 4.78 is 5.88. The van der Waals surface area contributed by atoms with E-state index < -0.39 is 0 Å². The minimum Gasteiger partial charge on any atom is -0.369 e. The van der Waals surface area contributed by atoms with Crippen molar-refractivity contribution in [1.82, 2.24) is 15.2 Å². The van der Waals surface area contributed by atoms with Crippen molar-refractivity contribution in [3.05, 3.63) is 64.9 Å². The molecule has 0 spiro atoms. The van der Waals surface area contributed by atoms with Gasteiger partial charge in [-0.15, -0.1) is 0 Å². The van der Waals surface area contributed by atoms with Crippen LogP contribution in [0, 0.1) is 0 Å². The number of amides is 2. The van der Waals surface area contributed by atoms with E-state index in [4.69, 9.17) is 16.3 Å². The van der Waals surface area contributed by atoms with Gasteiger partial charge in [0.1, 0.15) is 6.10 Å². The van der Waals surface area contributed by atoms with Crippen molar-refractivity contribution in [2.45, 2.75) is 25.6 Å². The van der Waals surface area contributed by atoms with Gasteiger partial charge in [0, 0.05) is 29.5 Å². The zero-order chi connectivity index (χ0) is 16.9. The van der Waals surface area contributed by atoms with Crippen LogP contribution in [0.1, 0.15) is 24.2 Å². The van der Waals surface area contributed by atoms with Crippen LogP contribution in [0.3, 0.4) is 0 Å². The van der Waals surface area contributed by atoms with E-state index in [-0.39, 0.29) is 18.2 Å². The minimum atomic E-state index is -0.209. The summed E-state index contributed by atoms with van der Waals surface area (Å²) in [6.45, 7) is 3.39. The lowest BCUT2D eigenvalue weighted by atomic mass is 10.1. The molecular formula is C18H20ClN3O2. The number of nitrogens with zero attached hydrogens (tertiary/aromatic N) is 2. The summed E-state index contributed by atoms with van der Waals surface area (Å²) in [5, 5.41) is 3.60. The molecular weight excluding hydrogens is 326 g/mol. The lowest BCUT2D eigenvalue weighted by Gasteiger charge is -2.38. The van der Waals surface area contributed by atoms with Crippen LogP contribution in [0.25, 0.3) is 0 Å². The fraction of sp³-hybridized carbons (Fsp3) is 0.333. The molecule has 1 N–H and O–H groups in total. The molecule has 1 aromatic heterocycles. The summed E-state index contributed by atoms with van der Waals surface area (Å²) >= 11 is 6.26. The number of hydrogen-bond acceptors (Lipinski definition) is 3. The molecule has 1 saturated heterocycles. The van der Waals surface area contributed by atoms with Gasteiger partial charge in [-0.1, -0.05) is 35.9 Å². The van der Waals surface area contributed by atoms with Crippen molar-refractivity contribution in [2.24, 2.45) is 0 Å². The molecule has 0 bridgehead atoms. The maximum atomic E-state index is 12.5. The molecule has 0 radical (unpaired) electrons. The van der Waals surface area contributed by atoms with Crippen LogP contribution in [0.2, 0.25) is 5.02 Å². The fourth-order valence-electron chi connectivity index (χ4n) is 2.75. The first kappa shape index (κ1) is 16.7. The maximum absolute atomic E-state index is 12.5. The lowest BCUT2D eigenvalue weighted by Crippen LogP contribution is -2.51. The number of hydrogen-bond donors (Lipinski definition) is 1. The van der Waals surface area contributed by atoms with Crippen molar-refractivity contribution < 1.29 is 9.53 Å².